The van der Waals surface area contributed by atoms with Gasteiger partial charge in [0.05, 0.1) is 17.9 Å². The van der Waals surface area contributed by atoms with Crippen molar-refractivity contribution < 1.29 is 23.5 Å². The Bertz CT molecular complexity index is 772. The quantitative estimate of drug-likeness (QED) is 0.607. The Balaban J connectivity index is 2.31. The van der Waals surface area contributed by atoms with Gasteiger partial charge in [0.2, 0.25) is 0 Å². The van der Waals surface area contributed by atoms with Crippen molar-refractivity contribution in [2.24, 2.45) is 0 Å². The van der Waals surface area contributed by atoms with Crippen LogP contribution in [0.15, 0.2) is 35.4 Å². The van der Waals surface area contributed by atoms with Crippen LogP contribution < -0.4 is 5.43 Å². The van der Waals surface area contributed by atoms with Crippen molar-refractivity contribution in [1.82, 2.24) is 9.99 Å². The number of aliphatic hydroxyl groups excluding tert-OH is 1. The minimum Gasteiger partial charge on any atom is -0.391 e. The first-order valence-corrected chi connectivity index (χ1v) is 7.74. The maximum atomic E-state index is 14.1. The number of hydrogen-bond donors (Lipinski definition) is 2. The topological polar surface area (TPSA) is 82.5 Å². The van der Waals surface area contributed by atoms with Crippen LogP contribution in [0, 0.1) is 0 Å². The molecule has 0 spiro atoms. The van der Waals surface area contributed by atoms with Crippen molar-refractivity contribution in [2.45, 2.75) is 33.1 Å². The zero-order valence-corrected chi connectivity index (χ0v) is 14.1. The molecule has 0 aromatic carbocycles. The van der Waals surface area contributed by atoms with Crippen LogP contribution in [0.4, 0.5) is 14.6 Å². The van der Waals surface area contributed by atoms with Gasteiger partial charge >= 0.3 is 0 Å². The Morgan fingerprint density at radius 2 is 2.00 bits per heavy atom. The molecule has 2 heterocycles. The number of anilines is 1. The number of pyridine rings is 1. The SMILES string of the molecule is C/C=C/C(F)(F)c1ccc(NN2C(=O)C(C)=C(CO)C2=O)nc1CC. The zero-order valence-electron chi connectivity index (χ0n) is 14.1. The van der Waals surface area contributed by atoms with Crippen LogP contribution in [0.25, 0.3) is 0 Å². The fourth-order valence-corrected chi connectivity index (χ4v) is 2.52. The van der Waals surface area contributed by atoms with Gasteiger partial charge in [0.1, 0.15) is 5.82 Å². The fourth-order valence-electron chi connectivity index (χ4n) is 2.52. The van der Waals surface area contributed by atoms with Crippen LogP contribution in [0.5, 0.6) is 0 Å². The van der Waals surface area contributed by atoms with Crippen LogP contribution in [0.2, 0.25) is 0 Å². The Morgan fingerprint density at radius 1 is 1.32 bits per heavy atom. The third-order valence-electron chi connectivity index (χ3n) is 3.87. The molecule has 2 N–H and O–H groups in total. The summed E-state index contributed by atoms with van der Waals surface area (Å²) in [5.41, 5.74) is 2.57. The molecule has 2 rings (SSSR count). The Labute approximate surface area is 143 Å². The third-order valence-corrected chi connectivity index (χ3v) is 3.87. The average molecular weight is 351 g/mol. The van der Waals surface area contributed by atoms with Crippen molar-refractivity contribution in [3.8, 4) is 0 Å². The largest absolute Gasteiger partial charge is 0.391 e. The van der Waals surface area contributed by atoms with Gasteiger partial charge in [-0.05, 0) is 38.5 Å². The van der Waals surface area contributed by atoms with Crippen LogP contribution in [-0.4, -0.2) is 33.5 Å². The van der Waals surface area contributed by atoms with E-state index >= 15 is 0 Å². The molecule has 0 saturated heterocycles. The van der Waals surface area contributed by atoms with E-state index in [9.17, 15) is 23.5 Å². The lowest BCUT2D eigenvalue weighted by Crippen LogP contribution is -2.37. The highest BCUT2D eigenvalue weighted by atomic mass is 19.3. The second kappa shape index (κ2) is 7.10. The van der Waals surface area contributed by atoms with E-state index in [2.05, 4.69) is 10.4 Å². The molecule has 134 valence electrons. The van der Waals surface area contributed by atoms with E-state index in [-0.39, 0.29) is 34.6 Å². The second-order valence-electron chi connectivity index (χ2n) is 5.49. The van der Waals surface area contributed by atoms with Gasteiger partial charge < -0.3 is 5.11 Å². The third kappa shape index (κ3) is 3.43. The molecular formula is C17H19F2N3O3. The minimum atomic E-state index is -3.16. The van der Waals surface area contributed by atoms with E-state index in [0.717, 1.165) is 6.08 Å². The Hall–Kier alpha value is -2.61. The average Bonchev–Trinajstić information content (AvgIpc) is 2.77. The molecule has 0 radical (unpaired) electrons. The molecule has 0 fully saturated rings. The molecule has 8 heteroatoms. The number of nitrogens with one attached hydrogen (secondary N) is 1. The number of hydrogen-bond acceptors (Lipinski definition) is 5. The highest BCUT2D eigenvalue weighted by molar-refractivity contribution is 6.19. The van der Waals surface area contributed by atoms with E-state index in [0.29, 0.717) is 5.01 Å². The summed E-state index contributed by atoms with van der Waals surface area (Å²) in [7, 11) is 0. The van der Waals surface area contributed by atoms with Gasteiger partial charge in [-0.1, -0.05) is 13.0 Å². The number of imide groups is 1. The number of aryl methyl sites for hydroxylation is 1. The first-order valence-electron chi connectivity index (χ1n) is 7.74. The molecule has 1 aliphatic rings. The predicted octanol–water partition coefficient (Wildman–Crippen LogP) is 2.32. The normalized spacial score (nSPS) is 15.7. The van der Waals surface area contributed by atoms with E-state index in [1.165, 1.54) is 32.1 Å². The lowest BCUT2D eigenvalue weighted by Gasteiger charge is -2.20. The molecule has 25 heavy (non-hydrogen) atoms. The van der Waals surface area contributed by atoms with Gasteiger partial charge in [0.25, 0.3) is 17.7 Å². The summed E-state index contributed by atoms with van der Waals surface area (Å²) in [5, 5.41) is 9.89. The lowest BCUT2D eigenvalue weighted by molar-refractivity contribution is -0.136. The summed E-state index contributed by atoms with van der Waals surface area (Å²) >= 11 is 0. The molecule has 2 amide bonds. The first kappa shape index (κ1) is 18.7. The number of hydrazine groups is 1. The van der Waals surface area contributed by atoms with Gasteiger partial charge in [-0.25, -0.2) is 4.98 Å². The molecule has 0 aliphatic carbocycles. The van der Waals surface area contributed by atoms with Crippen LogP contribution in [0.3, 0.4) is 0 Å². The standard InChI is InChI=1S/C17H19F2N3O3/c1-4-8-17(18,19)12-6-7-14(20-13(12)5-2)21-22-15(24)10(3)11(9-23)16(22)25/h4,6-8,23H,5,9H2,1-3H3,(H,20,21)/b8-4+. The molecule has 1 aromatic heterocycles. The van der Waals surface area contributed by atoms with Crippen molar-refractivity contribution in [3.05, 3.63) is 46.7 Å². The number of carbonyl (C=O) groups excluding carboxylic acids is 2. The van der Waals surface area contributed by atoms with Crippen LogP contribution in [-0.2, 0) is 21.9 Å². The first-order chi connectivity index (χ1) is 11.8. The smallest absolute Gasteiger partial charge is 0.293 e. The Kier molecular flexibility index (Phi) is 5.32. The molecular weight excluding hydrogens is 332 g/mol. The van der Waals surface area contributed by atoms with E-state index in [1.807, 2.05) is 0 Å². The number of aromatic nitrogens is 1. The second-order valence-corrected chi connectivity index (χ2v) is 5.49. The highest BCUT2D eigenvalue weighted by Gasteiger charge is 2.36. The van der Waals surface area contributed by atoms with Gasteiger partial charge in [-0.2, -0.15) is 13.8 Å². The number of halogens is 2. The number of carbonyl (C=O) groups is 2. The van der Waals surface area contributed by atoms with Crippen molar-refractivity contribution in [2.75, 3.05) is 12.0 Å². The molecule has 1 aliphatic heterocycles. The van der Waals surface area contributed by atoms with Crippen LogP contribution >= 0.6 is 0 Å². The van der Waals surface area contributed by atoms with Crippen molar-refractivity contribution in [1.29, 1.82) is 0 Å². The van der Waals surface area contributed by atoms with E-state index in [1.54, 1.807) is 6.92 Å². The van der Waals surface area contributed by atoms with Gasteiger partial charge in [0, 0.05) is 11.1 Å². The fraction of sp³-hybridized carbons (Fsp3) is 0.353. The number of alkyl halides is 2. The van der Waals surface area contributed by atoms with Gasteiger partial charge in [0.15, 0.2) is 0 Å². The molecule has 0 unspecified atom stereocenters. The maximum absolute atomic E-state index is 14.1. The summed E-state index contributed by atoms with van der Waals surface area (Å²) in [6.45, 7) is 4.06. The number of aliphatic hydroxyl groups is 1. The lowest BCUT2D eigenvalue weighted by atomic mass is 10.0. The molecule has 0 atom stereocenters. The maximum Gasteiger partial charge on any atom is 0.293 e. The van der Waals surface area contributed by atoms with E-state index in [4.69, 9.17) is 0 Å². The summed E-state index contributed by atoms with van der Waals surface area (Å²) < 4.78 is 28.2. The molecule has 0 bridgehead atoms. The minimum absolute atomic E-state index is 0.00977. The summed E-state index contributed by atoms with van der Waals surface area (Å²) in [4.78, 5) is 28.3. The summed E-state index contributed by atoms with van der Waals surface area (Å²) in [5.74, 6) is -4.37. The predicted molar refractivity (Wildman–Crippen MR) is 87.6 cm³/mol. The Morgan fingerprint density at radius 3 is 2.52 bits per heavy atom. The molecule has 1 aromatic rings. The number of amides is 2. The summed E-state index contributed by atoms with van der Waals surface area (Å²) in [6, 6.07) is 2.49. The summed E-state index contributed by atoms with van der Waals surface area (Å²) in [6.07, 6.45) is 2.29. The van der Waals surface area contributed by atoms with Crippen molar-refractivity contribution >= 4 is 17.6 Å². The molecule has 6 nitrogen and oxygen atoms in total. The zero-order chi connectivity index (χ0) is 18.8. The number of nitrogens with zero attached hydrogens (tertiary/aromatic N) is 2. The monoisotopic (exact) mass is 351 g/mol. The highest BCUT2D eigenvalue weighted by Crippen LogP contribution is 2.32. The van der Waals surface area contributed by atoms with Crippen molar-refractivity contribution in [3.63, 3.8) is 0 Å². The van der Waals surface area contributed by atoms with Gasteiger partial charge in [-0.15, -0.1) is 0 Å². The van der Waals surface area contributed by atoms with E-state index < -0.39 is 24.3 Å². The van der Waals surface area contributed by atoms with Crippen LogP contribution in [0.1, 0.15) is 32.0 Å². The molecule has 0 saturated carbocycles. The number of rotatable bonds is 6. The van der Waals surface area contributed by atoms with Gasteiger partial charge in [-0.3, -0.25) is 15.0 Å². The number of allylic oxidation sites excluding steroid dienone is 2.